The molecule has 0 radical (unpaired) electrons. The molecule has 0 saturated heterocycles. The van der Waals surface area contributed by atoms with Gasteiger partial charge in [-0.25, -0.2) is 4.98 Å². The molecule has 0 unspecified atom stereocenters. The smallest absolute Gasteiger partial charge is 0.293 e. The molecule has 2 heterocycles. The van der Waals surface area contributed by atoms with Crippen LogP contribution < -0.4 is 10.6 Å². The lowest BCUT2D eigenvalue weighted by molar-refractivity contribution is -0.384. The Hall–Kier alpha value is -5.03. The van der Waals surface area contributed by atoms with E-state index in [-0.39, 0.29) is 28.2 Å². The summed E-state index contributed by atoms with van der Waals surface area (Å²) >= 11 is 5.27. The fourth-order valence-corrected chi connectivity index (χ4v) is 4.20. The molecule has 0 atom stereocenters. The third-order valence-electron chi connectivity index (χ3n) is 5.70. The summed E-state index contributed by atoms with van der Waals surface area (Å²) in [6.45, 7) is 3.89. The van der Waals surface area contributed by atoms with Crippen molar-refractivity contribution in [2.75, 3.05) is 5.32 Å². The van der Waals surface area contributed by atoms with Gasteiger partial charge in [0.15, 0.2) is 16.5 Å². The topological polar surface area (TPSA) is 144 Å². The maximum atomic E-state index is 12.7. The number of nitro benzene ring substituents is 1. The van der Waals surface area contributed by atoms with Crippen molar-refractivity contribution in [3.05, 3.63) is 93.7 Å². The van der Waals surface area contributed by atoms with Gasteiger partial charge >= 0.3 is 0 Å². The number of nitrogens with one attached hydrogen (secondary N) is 2. The number of phenolic OH excluding ortho intramolecular Hbond substituents is 1. The summed E-state index contributed by atoms with van der Waals surface area (Å²) in [6.07, 6.45) is 0. The molecule has 2 aromatic heterocycles. The van der Waals surface area contributed by atoms with E-state index >= 15 is 0 Å². The lowest BCUT2D eigenvalue weighted by Crippen LogP contribution is -2.33. The second-order valence-corrected chi connectivity index (χ2v) is 8.97. The number of furan rings is 1. The standard InChI is InChI=1S/C27H20N4O6S/c1-14-10-15(2)24-20(11-14)29-26(37-24)19-13-17(6-7-21(19)32)28-27(38)30-25(33)23-9-8-22(36-23)16-4-3-5-18(12-16)31(34)35/h3-13,32H,1-2H3,(H2,28,30,33,38). The Kier molecular flexibility index (Phi) is 6.35. The number of aromatic nitrogens is 1. The second kappa shape index (κ2) is 9.79. The lowest BCUT2D eigenvalue weighted by Gasteiger charge is -2.10. The van der Waals surface area contributed by atoms with Gasteiger partial charge < -0.3 is 19.3 Å². The summed E-state index contributed by atoms with van der Waals surface area (Å²) in [5.41, 5.74) is 4.49. The Morgan fingerprint density at radius 1 is 1.05 bits per heavy atom. The molecule has 0 bridgehead atoms. The predicted octanol–water partition coefficient (Wildman–Crippen LogP) is 6.11. The highest BCUT2D eigenvalue weighted by atomic mass is 32.1. The minimum Gasteiger partial charge on any atom is -0.507 e. The number of anilines is 1. The van der Waals surface area contributed by atoms with Crippen LogP contribution in [0.25, 0.3) is 33.9 Å². The molecule has 190 valence electrons. The molecule has 11 heteroatoms. The van der Waals surface area contributed by atoms with Gasteiger partial charge in [-0.15, -0.1) is 0 Å². The number of nitro groups is 1. The van der Waals surface area contributed by atoms with E-state index in [1.54, 1.807) is 24.3 Å². The third-order valence-corrected chi connectivity index (χ3v) is 5.91. The fourth-order valence-electron chi connectivity index (χ4n) is 3.99. The van der Waals surface area contributed by atoms with Crippen molar-refractivity contribution in [1.29, 1.82) is 0 Å². The second-order valence-electron chi connectivity index (χ2n) is 8.56. The summed E-state index contributed by atoms with van der Waals surface area (Å²) in [5.74, 6) is -0.128. The largest absolute Gasteiger partial charge is 0.507 e. The summed E-state index contributed by atoms with van der Waals surface area (Å²) in [5, 5.41) is 26.9. The van der Waals surface area contributed by atoms with Crippen molar-refractivity contribution in [2.24, 2.45) is 0 Å². The highest BCUT2D eigenvalue weighted by molar-refractivity contribution is 7.80. The minimum absolute atomic E-state index is 0.0102. The highest BCUT2D eigenvalue weighted by Gasteiger charge is 2.18. The van der Waals surface area contributed by atoms with Crippen LogP contribution in [0.4, 0.5) is 11.4 Å². The number of aryl methyl sites for hydroxylation is 2. The number of aromatic hydroxyl groups is 1. The van der Waals surface area contributed by atoms with E-state index in [2.05, 4.69) is 15.6 Å². The van der Waals surface area contributed by atoms with Crippen LogP contribution in [0.5, 0.6) is 5.75 Å². The average molecular weight is 529 g/mol. The molecule has 0 aliphatic heterocycles. The number of benzene rings is 3. The molecule has 3 N–H and O–H groups in total. The molecule has 0 spiro atoms. The molecular formula is C27H20N4O6S. The number of fused-ring (bicyclic) bond motifs is 1. The average Bonchev–Trinajstić information content (AvgIpc) is 3.53. The maximum Gasteiger partial charge on any atom is 0.293 e. The van der Waals surface area contributed by atoms with Gasteiger partial charge in [0.05, 0.1) is 10.5 Å². The van der Waals surface area contributed by atoms with E-state index in [1.807, 2.05) is 26.0 Å². The van der Waals surface area contributed by atoms with Crippen LogP contribution >= 0.6 is 12.2 Å². The normalized spacial score (nSPS) is 10.9. The van der Waals surface area contributed by atoms with Crippen molar-refractivity contribution in [3.8, 4) is 28.5 Å². The molecule has 10 nitrogen and oxygen atoms in total. The lowest BCUT2D eigenvalue weighted by atomic mass is 10.1. The van der Waals surface area contributed by atoms with Gasteiger partial charge in [0.25, 0.3) is 11.6 Å². The molecule has 0 aliphatic carbocycles. The van der Waals surface area contributed by atoms with Crippen molar-refractivity contribution < 1.29 is 23.7 Å². The van der Waals surface area contributed by atoms with E-state index < -0.39 is 10.8 Å². The number of hydrogen-bond donors (Lipinski definition) is 3. The van der Waals surface area contributed by atoms with E-state index in [0.717, 1.165) is 11.1 Å². The molecule has 5 rings (SSSR count). The van der Waals surface area contributed by atoms with Gasteiger partial charge in [-0.05, 0) is 73.6 Å². The van der Waals surface area contributed by atoms with E-state index in [9.17, 15) is 20.0 Å². The first-order valence-corrected chi connectivity index (χ1v) is 11.8. The van der Waals surface area contributed by atoms with Crippen LogP contribution in [-0.2, 0) is 0 Å². The number of non-ortho nitro benzene ring substituents is 1. The van der Waals surface area contributed by atoms with E-state index in [0.29, 0.717) is 33.7 Å². The van der Waals surface area contributed by atoms with Gasteiger partial charge in [0.1, 0.15) is 17.0 Å². The Balaban J connectivity index is 1.30. The van der Waals surface area contributed by atoms with Crippen molar-refractivity contribution in [3.63, 3.8) is 0 Å². The molecule has 0 fully saturated rings. The van der Waals surface area contributed by atoms with Gasteiger partial charge in [-0.1, -0.05) is 18.2 Å². The van der Waals surface area contributed by atoms with Gasteiger partial charge in [-0.2, -0.15) is 0 Å². The van der Waals surface area contributed by atoms with Crippen LogP contribution in [0.1, 0.15) is 21.7 Å². The Labute approximate surface area is 221 Å². The highest BCUT2D eigenvalue weighted by Crippen LogP contribution is 2.34. The summed E-state index contributed by atoms with van der Waals surface area (Å²) in [6, 6.07) is 17.4. The zero-order valence-electron chi connectivity index (χ0n) is 20.1. The first-order valence-electron chi connectivity index (χ1n) is 11.4. The van der Waals surface area contributed by atoms with Crippen molar-refractivity contribution in [1.82, 2.24) is 10.3 Å². The van der Waals surface area contributed by atoms with E-state index in [1.165, 1.54) is 30.3 Å². The maximum absolute atomic E-state index is 12.7. The number of carbonyl (C=O) groups is 1. The van der Waals surface area contributed by atoms with Crippen LogP contribution in [-0.4, -0.2) is 26.0 Å². The van der Waals surface area contributed by atoms with Crippen LogP contribution in [0.15, 0.2) is 75.6 Å². The van der Waals surface area contributed by atoms with Crippen LogP contribution in [0.2, 0.25) is 0 Å². The SMILES string of the molecule is Cc1cc(C)c2oc(-c3cc(NC(=S)NC(=O)c4ccc(-c5cccc([N+](=O)[O-])c5)o4)ccc3O)nc2c1. The van der Waals surface area contributed by atoms with Crippen LogP contribution in [0.3, 0.4) is 0 Å². The first-order chi connectivity index (χ1) is 18.2. The Bertz CT molecular complexity index is 1740. The molecule has 3 aromatic carbocycles. The molecule has 0 saturated carbocycles. The number of oxazole rings is 1. The summed E-state index contributed by atoms with van der Waals surface area (Å²) < 4.78 is 11.5. The van der Waals surface area contributed by atoms with Crippen molar-refractivity contribution >= 4 is 45.7 Å². The molecule has 0 aliphatic rings. The molecule has 1 amide bonds. The number of carbonyl (C=O) groups excluding carboxylic acids is 1. The minimum atomic E-state index is -0.608. The summed E-state index contributed by atoms with van der Waals surface area (Å²) in [4.78, 5) is 27.7. The number of thiocarbonyl (C=S) groups is 1. The monoisotopic (exact) mass is 528 g/mol. The van der Waals surface area contributed by atoms with Gasteiger partial charge in [-0.3, -0.25) is 20.2 Å². The number of rotatable bonds is 5. The van der Waals surface area contributed by atoms with Crippen LogP contribution in [0, 0.1) is 24.0 Å². The fraction of sp³-hybridized carbons (Fsp3) is 0.0741. The number of hydrogen-bond acceptors (Lipinski definition) is 8. The molecular weight excluding hydrogens is 508 g/mol. The van der Waals surface area contributed by atoms with Gasteiger partial charge in [0, 0.05) is 23.4 Å². The number of amides is 1. The zero-order valence-corrected chi connectivity index (χ0v) is 21.0. The third kappa shape index (κ3) is 4.95. The number of nitrogens with zero attached hydrogens (tertiary/aromatic N) is 2. The molecule has 5 aromatic rings. The number of phenols is 1. The Morgan fingerprint density at radius 2 is 1.87 bits per heavy atom. The van der Waals surface area contributed by atoms with E-state index in [4.69, 9.17) is 21.1 Å². The summed E-state index contributed by atoms with van der Waals surface area (Å²) in [7, 11) is 0. The first kappa shape index (κ1) is 24.7. The quantitative estimate of drug-likeness (QED) is 0.106. The van der Waals surface area contributed by atoms with Crippen molar-refractivity contribution in [2.45, 2.75) is 13.8 Å². The predicted molar refractivity (Wildman–Crippen MR) is 145 cm³/mol. The van der Waals surface area contributed by atoms with Gasteiger partial charge in [0.2, 0.25) is 5.89 Å². The Morgan fingerprint density at radius 3 is 2.66 bits per heavy atom. The molecule has 38 heavy (non-hydrogen) atoms. The zero-order chi connectivity index (χ0) is 27.0.